The van der Waals surface area contributed by atoms with E-state index in [1.54, 1.807) is 12.1 Å². The molecule has 1 heterocycles. The molecular formula is C11H13NO4. The highest BCUT2D eigenvalue weighted by Gasteiger charge is 2.52. The molecule has 0 saturated heterocycles. The van der Waals surface area contributed by atoms with Gasteiger partial charge in [0.25, 0.3) is 0 Å². The molecule has 1 fully saturated rings. The third-order valence-electron chi connectivity index (χ3n) is 3.03. The lowest BCUT2D eigenvalue weighted by molar-refractivity contribution is -0.153. The van der Waals surface area contributed by atoms with Crippen molar-refractivity contribution in [1.82, 2.24) is 4.98 Å². The molecule has 0 spiro atoms. The Morgan fingerprint density at radius 3 is 2.81 bits per heavy atom. The maximum absolute atomic E-state index is 11.3. The molecule has 1 aliphatic carbocycles. The average molecular weight is 223 g/mol. The number of carboxylic acid groups (broad SMARTS) is 1. The Morgan fingerprint density at radius 1 is 1.62 bits per heavy atom. The summed E-state index contributed by atoms with van der Waals surface area (Å²) in [7, 11) is 1.52. The number of aliphatic carboxylic acids is 1. The van der Waals surface area contributed by atoms with Crippen molar-refractivity contribution < 1.29 is 19.7 Å². The molecule has 1 aliphatic rings. The number of aliphatic hydroxyl groups is 1. The Labute approximate surface area is 92.7 Å². The lowest BCUT2D eigenvalue weighted by Crippen LogP contribution is -2.51. The van der Waals surface area contributed by atoms with E-state index in [4.69, 9.17) is 4.74 Å². The van der Waals surface area contributed by atoms with Crippen molar-refractivity contribution in [2.45, 2.75) is 24.4 Å². The number of carboxylic acids is 1. The zero-order valence-corrected chi connectivity index (χ0v) is 8.88. The number of ether oxygens (including phenoxy) is 1. The highest BCUT2D eigenvalue weighted by atomic mass is 16.5. The van der Waals surface area contributed by atoms with E-state index in [2.05, 4.69) is 4.98 Å². The molecule has 86 valence electrons. The smallest absolute Gasteiger partial charge is 0.315 e. The number of methoxy groups -OCH3 is 1. The van der Waals surface area contributed by atoms with Crippen molar-refractivity contribution >= 4 is 5.97 Å². The van der Waals surface area contributed by atoms with Crippen molar-refractivity contribution in [3.8, 4) is 5.75 Å². The first kappa shape index (κ1) is 10.9. The Hall–Kier alpha value is -1.62. The molecule has 0 unspecified atom stereocenters. The minimum Gasteiger partial charge on any atom is -0.497 e. The van der Waals surface area contributed by atoms with Gasteiger partial charge < -0.3 is 14.9 Å². The van der Waals surface area contributed by atoms with E-state index < -0.39 is 17.5 Å². The van der Waals surface area contributed by atoms with Gasteiger partial charge in [-0.15, -0.1) is 0 Å². The summed E-state index contributed by atoms with van der Waals surface area (Å²) in [4.78, 5) is 15.3. The van der Waals surface area contributed by atoms with Gasteiger partial charge in [0.05, 0.1) is 18.9 Å². The first-order chi connectivity index (χ1) is 7.58. The molecule has 0 radical (unpaired) electrons. The van der Waals surface area contributed by atoms with Gasteiger partial charge in [-0.25, -0.2) is 0 Å². The molecular weight excluding hydrogens is 210 g/mol. The number of nitrogens with zero attached hydrogens (tertiary/aromatic N) is 1. The van der Waals surface area contributed by atoms with Crippen LogP contribution in [0.5, 0.6) is 5.75 Å². The molecule has 5 heteroatoms. The summed E-state index contributed by atoms with van der Waals surface area (Å²) in [5.41, 5.74) is -0.599. The molecule has 1 saturated carbocycles. The van der Waals surface area contributed by atoms with Crippen LogP contribution in [0.2, 0.25) is 0 Å². The zero-order valence-electron chi connectivity index (χ0n) is 8.88. The average Bonchev–Trinajstić information content (AvgIpc) is 2.24. The third kappa shape index (κ3) is 1.53. The standard InChI is InChI=1S/C11H13NO4/c1-16-8-2-3-12-9(4-8)11(10(14)15)5-7(13)6-11/h2-4,7,13H,5-6H2,1H3,(H,14,15). The van der Waals surface area contributed by atoms with Crippen LogP contribution >= 0.6 is 0 Å². The van der Waals surface area contributed by atoms with Crippen molar-refractivity contribution in [3.63, 3.8) is 0 Å². The van der Waals surface area contributed by atoms with Gasteiger partial charge in [0.2, 0.25) is 0 Å². The van der Waals surface area contributed by atoms with Crippen LogP contribution in [-0.4, -0.2) is 34.4 Å². The Bertz CT molecular complexity index is 412. The number of hydrogen-bond acceptors (Lipinski definition) is 4. The fourth-order valence-electron chi connectivity index (χ4n) is 2.04. The fraction of sp³-hybridized carbons (Fsp3) is 0.455. The second-order valence-corrected chi connectivity index (χ2v) is 4.03. The number of aliphatic hydroxyl groups excluding tert-OH is 1. The molecule has 16 heavy (non-hydrogen) atoms. The predicted octanol–water partition coefficient (Wildman–Crippen LogP) is 0.567. The van der Waals surface area contributed by atoms with Crippen LogP contribution in [-0.2, 0) is 10.2 Å². The van der Waals surface area contributed by atoms with Gasteiger partial charge in [0.1, 0.15) is 11.2 Å². The minimum absolute atomic E-state index is 0.211. The van der Waals surface area contributed by atoms with Gasteiger partial charge in [-0.3, -0.25) is 9.78 Å². The molecule has 0 aliphatic heterocycles. The maximum atomic E-state index is 11.3. The van der Waals surface area contributed by atoms with Crippen molar-refractivity contribution in [2.75, 3.05) is 7.11 Å². The molecule has 1 aromatic heterocycles. The Kier molecular flexibility index (Phi) is 2.55. The van der Waals surface area contributed by atoms with E-state index >= 15 is 0 Å². The summed E-state index contributed by atoms with van der Waals surface area (Å²) in [5, 5.41) is 18.5. The summed E-state index contributed by atoms with van der Waals surface area (Å²) >= 11 is 0. The number of rotatable bonds is 3. The lowest BCUT2D eigenvalue weighted by atomic mass is 9.64. The molecule has 0 aromatic carbocycles. The van der Waals surface area contributed by atoms with Gasteiger partial charge in [-0.1, -0.05) is 0 Å². The topological polar surface area (TPSA) is 79.7 Å². The van der Waals surface area contributed by atoms with E-state index in [9.17, 15) is 15.0 Å². The van der Waals surface area contributed by atoms with Crippen LogP contribution in [0.25, 0.3) is 0 Å². The largest absolute Gasteiger partial charge is 0.497 e. The number of hydrogen-bond donors (Lipinski definition) is 2. The molecule has 0 amide bonds. The van der Waals surface area contributed by atoms with Crippen molar-refractivity contribution in [2.24, 2.45) is 0 Å². The summed E-state index contributed by atoms with van der Waals surface area (Å²) in [5.74, 6) is -0.370. The van der Waals surface area contributed by atoms with Crippen LogP contribution < -0.4 is 4.74 Å². The summed E-state index contributed by atoms with van der Waals surface area (Å²) in [6.45, 7) is 0. The number of aromatic nitrogens is 1. The van der Waals surface area contributed by atoms with Crippen LogP contribution in [0.15, 0.2) is 18.3 Å². The summed E-state index contributed by atoms with van der Waals surface area (Å²) < 4.78 is 5.03. The van der Waals surface area contributed by atoms with Gasteiger partial charge in [0.15, 0.2) is 0 Å². The van der Waals surface area contributed by atoms with Crippen LogP contribution in [0.4, 0.5) is 0 Å². The van der Waals surface area contributed by atoms with E-state index in [0.29, 0.717) is 11.4 Å². The predicted molar refractivity (Wildman–Crippen MR) is 55.3 cm³/mol. The van der Waals surface area contributed by atoms with E-state index in [1.165, 1.54) is 13.3 Å². The highest BCUT2D eigenvalue weighted by molar-refractivity contribution is 5.82. The number of carbonyl (C=O) groups is 1. The van der Waals surface area contributed by atoms with Gasteiger partial charge in [0, 0.05) is 12.3 Å². The van der Waals surface area contributed by atoms with Crippen LogP contribution in [0.3, 0.4) is 0 Å². The second kappa shape index (κ2) is 3.75. The SMILES string of the molecule is COc1ccnc(C2(C(=O)O)CC(O)C2)c1. The molecule has 1 aromatic rings. The summed E-state index contributed by atoms with van der Waals surface area (Å²) in [6.07, 6.45) is 1.39. The van der Waals surface area contributed by atoms with Crippen LogP contribution in [0, 0.1) is 0 Å². The van der Waals surface area contributed by atoms with Crippen molar-refractivity contribution in [1.29, 1.82) is 0 Å². The lowest BCUT2D eigenvalue weighted by Gasteiger charge is -2.41. The molecule has 2 N–H and O–H groups in total. The fourth-order valence-corrected chi connectivity index (χ4v) is 2.04. The minimum atomic E-state index is -1.05. The van der Waals surface area contributed by atoms with Gasteiger partial charge in [-0.2, -0.15) is 0 Å². The highest BCUT2D eigenvalue weighted by Crippen LogP contribution is 2.43. The first-order valence-electron chi connectivity index (χ1n) is 5.00. The normalized spacial score (nSPS) is 28.2. The molecule has 0 atom stereocenters. The van der Waals surface area contributed by atoms with Gasteiger partial charge >= 0.3 is 5.97 Å². The van der Waals surface area contributed by atoms with E-state index in [-0.39, 0.29) is 12.8 Å². The monoisotopic (exact) mass is 223 g/mol. The van der Waals surface area contributed by atoms with Crippen LogP contribution in [0.1, 0.15) is 18.5 Å². The second-order valence-electron chi connectivity index (χ2n) is 4.03. The van der Waals surface area contributed by atoms with E-state index in [0.717, 1.165) is 0 Å². The molecule has 5 nitrogen and oxygen atoms in total. The van der Waals surface area contributed by atoms with E-state index in [1.807, 2.05) is 0 Å². The zero-order chi connectivity index (χ0) is 11.8. The molecule has 2 rings (SSSR count). The Morgan fingerprint density at radius 2 is 2.31 bits per heavy atom. The van der Waals surface area contributed by atoms with Gasteiger partial charge in [-0.05, 0) is 18.9 Å². The number of pyridine rings is 1. The first-order valence-corrected chi connectivity index (χ1v) is 5.00. The third-order valence-corrected chi connectivity index (χ3v) is 3.03. The molecule has 0 bridgehead atoms. The quantitative estimate of drug-likeness (QED) is 0.783. The summed E-state index contributed by atoms with van der Waals surface area (Å²) in [6, 6.07) is 3.27. The van der Waals surface area contributed by atoms with Crippen molar-refractivity contribution in [3.05, 3.63) is 24.0 Å². The maximum Gasteiger partial charge on any atom is 0.315 e. The Balaban J connectivity index is 2.37.